The summed E-state index contributed by atoms with van der Waals surface area (Å²) in [6.45, 7) is 5.44. The van der Waals surface area contributed by atoms with Crippen molar-refractivity contribution < 1.29 is 23.9 Å². The van der Waals surface area contributed by atoms with Crippen molar-refractivity contribution in [2.24, 2.45) is 5.10 Å². The summed E-state index contributed by atoms with van der Waals surface area (Å²) in [7, 11) is 0. The van der Waals surface area contributed by atoms with Gasteiger partial charge in [0.15, 0.2) is 0 Å². The third-order valence-corrected chi connectivity index (χ3v) is 6.30. The lowest BCUT2D eigenvalue weighted by molar-refractivity contribution is -0.140. The standard InChI is InChI=1S/C19H18N2O5S2/c1-4-25-17(23)14-15(18(24)26-5-2)28-19(27-14)13-11(3)20-21(16(13)22)12-9-7-6-8-10-12/h6-10H,4-5H2,1-3H3. The van der Waals surface area contributed by atoms with Crippen molar-refractivity contribution in [3.05, 3.63) is 50.0 Å². The summed E-state index contributed by atoms with van der Waals surface area (Å²) in [5, 5.41) is 5.65. The van der Waals surface area contributed by atoms with E-state index in [-0.39, 0.29) is 28.9 Å². The van der Waals surface area contributed by atoms with Crippen LogP contribution < -0.4 is 5.01 Å². The first kappa shape index (κ1) is 20.2. The summed E-state index contributed by atoms with van der Waals surface area (Å²) in [5.41, 5.74) is 1.51. The average molecular weight is 418 g/mol. The normalized spacial score (nSPS) is 16.6. The second-order valence-corrected chi connectivity index (χ2v) is 7.90. The first-order valence-electron chi connectivity index (χ1n) is 8.61. The van der Waals surface area contributed by atoms with Crippen molar-refractivity contribution in [2.75, 3.05) is 18.2 Å². The molecule has 2 aliphatic rings. The monoisotopic (exact) mass is 418 g/mol. The summed E-state index contributed by atoms with van der Waals surface area (Å²) in [5.74, 6) is -1.54. The number of hydrogen-bond acceptors (Lipinski definition) is 8. The van der Waals surface area contributed by atoms with Crippen LogP contribution in [0.1, 0.15) is 20.8 Å². The van der Waals surface area contributed by atoms with Gasteiger partial charge in [-0.1, -0.05) is 41.7 Å². The van der Waals surface area contributed by atoms with E-state index in [2.05, 4.69) is 5.10 Å². The molecule has 2 aliphatic heterocycles. The highest BCUT2D eigenvalue weighted by atomic mass is 32.2. The zero-order chi connectivity index (χ0) is 20.3. The number of anilines is 1. The Morgan fingerprint density at radius 1 is 1.00 bits per heavy atom. The number of amides is 1. The van der Waals surface area contributed by atoms with Gasteiger partial charge >= 0.3 is 11.9 Å². The lowest BCUT2D eigenvalue weighted by Gasteiger charge is -2.11. The van der Waals surface area contributed by atoms with Gasteiger partial charge in [0.1, 0.15) is 9.81 Å². The Kier molecular flexibility index (Phi) is 6.25. The molecule has 0 spiro atoms. The number of benzene rings is 1. The quantitative estimate of drug-likeness (QED) is 0.535. The smallest absolute Gasteiger partial charge is 0.346 e. The first-order valence-corrected chi connectivity index (χ1v) is 10.2. The van der Waals surface area contributed by atoms with Gasteiger partial charge in [-0.25, -0.2) is 9.59 Å². The van der Waals surface area contributed by atoms with Gasteiger partial charge in [-0.3, -0.25) is 4.79 Å². The number of para-hydroxylation sites is 1. The number of carbonyl (C=O) groups excluding carboxylic acids is 3. The number of nitrogens with zero attached hydrogens (tertiary/aromatic N) is 2. The van der Waals surface area contributed by atoms with E-state index >= 15 is 0 Å². The second kappa shape index (κ2) is 8.66. The number of carbonyl (C=O) groups is 3. The molecule has 0 saturated carbocycles. The predicted octanol–water partition coefficient (Wildman–Crippen LogP) is 3.44. The minimum Gasteiger partial charge on any atom is -0.462 e. The van der Waals surface area contributed by atoms with Crippen molar-refractivity contribution in [2.45, 2.75) is 20.8 Å². The molecule has 9 heteroatoms. The van der Waals surface area contributed by atoms with Gasteiger partial charge < -0.3 is 9.47 Å². The molecule has 0 aromatic heterocycles. The summed E-state index contributed by atoms with van der Waals surface area (Å²) in [6, 6.07) is 9.05. The molecule has 28 heavy (non-hydrogen) atoms. The molecule has 2 heterocycles. The molecule has 1 amide bonds. The number of thioether (sulfide) groups is 2. The first-order chi connectivity index (χ1) is 13.5. The minimum atomic E-state index is -0.612. The summed E-state index contributed by atoms with van der Waals surface area (Å²) >= 11 is 2.08. The Morgan fingerprint density at radius 2 is 1.54 bits per heavy atom. The minimum absolute atomic E-state index is 0.131. The fraction of sp³-hybridized carbons (Fsp3) is 0.263. The highest BCUT2D eigenvalue weighted by Crippen LogP contribution is 2.52. The molecule has 0 unspecified atom stereocenters. The zero-order valence-electron chi connectivity index (χ0n) is 15.6. The number of rotatable bonds is 5. The van der Waals surface area contributed by atoms with E-state index in [1.165, 1.54) is 5.01 Å². The molecule has 0 atom stereocenters. The van der Waals surface area contributed by atoms with Gasteiger partial charge in [-0.2, -0.15) is 10.1 Å². The van der Waals surface area contributed by atoms with Crippen LogP contribution >= 0.6 is 23.5 Å². The summed E-state index contributed by atoms with van der Waals surface area (Å²) < 4.78 is 10.6. The maximum Gasteiger partial charge on any atom is 0.346 e. The van der Waals surface area contributed by atoms with Crippen LogP contribution in [0.4, 0.5) is 5.69 Å². The Morgan fingerprint density at radius 3 is 2.04 bits per heavy atom. The van der Waals surface area contributed by atoms with E-state index < -0.39 is 11.9 Å². The molecule has 0 radical (unpaired) electrons. The second-order valence-electron chi connectivity index (χ2n) is 5.60. The third kappa shape index (κ3) is 3.85. The molecule has 1 aromatic carbocycles. The molecule has 0 fully saturated rings. The van der Waals surface area contributed by atoms with Crippen LogP contribution in [0.3, 0.4) is 0 Å². The van der Waals surface area contributed by atoms with Crippen LogP contribution in [0.15, 0.2) is 55.1 Å². The molecule has 0 N–H and O–H groups in total. The van der Waals surface area contributed by atoms with Gasteiger partial charge in [-0.15, -0.1) is 0 Å². The Bertz CT molecular complexity index is 890. The van der Waals surface area contributed by atoms with E-state index in [1.807, 2.05) is 18.2 Å². The number of ether oxygens (including phenoxy) is 2. The van der Waals surface area contributed by atoms with E-state index in [1.54, 1.807) is 32.9 Å². The Labute approximate surface area is 170 Å². The molecular formula is C19H18N2O5S2. The predicted molar refractivity (Wildman–Crippen MR) is 110 cm³/mol. The number of hydrazone groups is 1. The van der Waals surface area contributed by atoms with Crippen molar-refractivity contribution in [3.63, 3.8) is 0 Å². The van der Waals surface area contributed by atoms with Crippen LogP contribution in [0.5, 0.6) is 0 Å². The topological polar surface area (TPSA) is 85.3 Å². The van der Waals surface area contributed by atoms with Crippen LogP contribution in [-0.2, 0) is 23.9 Å². The van der Waals surface area contributed by atoms with Gasteiger partial charge in [-0.05, 0) is 32.9 Å². The van der Waals surface area contributed by atoms with Crippen molar-refractivity contribution >= 4 is 52.8 Å². The fourth-order valence-corrected chi connectivity index (χ4v) is 5.15. The maximum absolute atomic E-state index is 13.0. The van der Waals surface area contributed by atoms with Crippen molar-refractivity contribution in [3.8, 4) is 0 Å². The largest absolute Gasteiger partial charge is 0.462 e. The van der Waals surface area contributed by atoms with E-state index in [0.29, 0.717) is 21.2 Å². The molecule has 0 bridgehead atoms. The maximum atomic E-state index is 13.0. The van der Waals surface area contributed by atoms with Gasteiger partial charge in [0.25, 0.3) is 5.91 Å². The van der Waals surface area contributed by atoms with Crippen LogP contribution in [-0.4, -0.2) is 36.8 Å². The van der Waals surface area contributed by atoms with Gasteiger partial charge in [0, 0.05) is 0 Å². The van der Waals surface area contributed by atoms with Crippen LogP contribution in [0.2, 0.25) is 0 Å². The zero-order valence-corrected chi connectivity index (χ0v) is 17.2. The van der Waals surface area contributed by atoms with E-state index in [9.17, 15) is 14.4 Å². The number of hydrogen-bond donors (Lipinski definition) is 0. The van der Waals surface area contributed by atoms with Gasteiger partial charge in [0.05, 0.1) is 34.4 Å². The molecule has 0 aliphatic carbocycles. The highest BCUT2D eigenvalue weighted by molar-refractivity contribution is 8.29. The molecular weight excluding hydrogens is 400 g/mol. The summed E-state index contributed by atoms with van der Waals surface area (Å²) in [4.78, 5) is 37.9. The lowest BCUT2D eigenvalue weighted by atomic mass is 10.2. The van der Waals surface area contributed by atoms with Crippen LogP contribution in [0.25, 0.3) is 0 Å². The Balaban J connectivity index is 1.95. The van der Waals surface area contributed by atoms with Crippen molar-refractivity contribution in [1.29, 1.82) is 0 Å². The van der Waals surface area contributed by atoms with Crippen molar-refractivity contribution in [1.82, 2.24) is 0 Å². The average Bonchev–Trinajstić information content (AvgIpc) is 3.24. The van der Waals surface area contributed by atoms with E-state index in [4.69, 9.17) is 9.47 Å². The number of esters is 2. The lowest BCUT2D eigenvalue weighted by Crippen LogP contribution is -2.21. The molecule has 3 rings (SSSR count). The van der Waals surface area contributed by atoms with Crippen LogP contribution in [0, 0.1) is 0 Å². The molecule has 7 nitrogen and oxygen atoms in total. The Hall–Kier alpha value is -2.52. The highest BCUT2D eigenvalue weighted by Gasteiger charge is 2.39. The third-order valence-electron chi connectivity index (χ3n) is 3.74. The van der Waals surface area contributed by atoms with Gasteiger partial charge in [0.2, 0.25) is 0 Å². The molecule has 0 saturated heterocycles. The fourth-order valence-electron chi connectivity index (χ4n) is 2.55. The van der Waals surface area contributed by atoms with E-state index in [0.717, 1.165) is 23.5 Å². The molecule has 1 aromatic rings. The molecule has 146 valence electrons. The SMILES string of the molecule is CCOC(=O)C1=C(C(=O)OCC)SC(=C2C(=O)N(c3ccccc3)N=C2C)S1. The summed E-state index contributed by atoms with van der Waals surface area (Å²) in [6.07, 6.45) is 0.